The lowest BCUT2D eigenvalue weighted by atomic mass is 9.96. The molecule has 0 radical (unpaired) electrons. The quantitative estimate of drug-likeness (QED) is 0.878. The smallest absolute Gasteiger partial charge is 0.254 e. The van der Waals surface area contributed by atoms with Crippen molar-refractivity contribution in [2.75, 3.05) is 26.7 Å². The van der Waals surface area contributed by atoms with E-state index in [0.717, 1.165) is 49.4 Å². The molecule has 1 aliphatic heterocycles. The van der Waals surface area contributed by atoms with E-state index in [2.05, 4.69) is 5.32 Å². The zero-order valence-corrected chi connectivity index (χ0v) is 14.8. The molecule has 1 amide bonds. The molecule has 0 aromatic heterocycles. The van der Waals surface area contributed by atoms with Crippen molar-refractivity contribution in [2.24, 2.45) is 5.92 Å². The van der Waals surface area contributed by atoms with E-state index < -0.39 is 0 Å². The van der Waals surface area contributed by atoms with Gasteiger partial charge in [0.15, 0.2) is 0 Å². The lowest BCUT2D eigenvalue weighted by Gasteiger charge is -2.32. The van der Waals surface area contributed by atoms with Gasteiger partial charge in [-0.05, 0) is 50.6 Å². The number of likely N-dealkylation sites (tertiary alicyclic amines) is 1. The number of carbonyl (C=O) groups is 1. The van der Waals surface area contributed by atoms with Gasteiger partial charge in [-0.1, -0.05) is 36.4 Å². The first kappa shape index (κ1) is 17.5. The zero-order chi connectivity index (χ0) is 17.5. The Labute approximate surface area is 149 Å². The second-order valence-corrected chi connectivity index (χ2v) is 6.55. The third-order valence-electron chi connectivity index (χ3n) is 4.78. The van der Waals surface area contributed by atoms with E-state index in [4.69, 9.17) is 4.74 Å². The summed E-state index contributed by atoms with van der Waals surface area (Å²) in [6.07, 6.45) is 2.13. The highest BCUT2D eigenvalue weighted by atomic mass is 16.5. The summed E-state index contributed by atoms with van der Waals surface area (Å²) in [7, 11) is 1.99. The van der Waals surface area contributed by atoms with Crippen LogP contribution in [0.15, 0.2) is 54.6 Å². The average molecular weight is 338 g/mol. The van der Waals surface area contributed by atoms with Gasteiger partial charge in [0, 0.05) is 24.2 Å². The summed E-state index contributed by atoms with van der Waals surface area (Å²) in [4.78, 5) is 14.9. The third-order valence-corrected chi connectivity index (χ3v) is 4.78. The molecule has 0 aliphatic carbocycles. The van der Waals surface area contributed by atoms with Crippen LogP contribution in [0.2, 0.25) is 0 Å². The summed E-state index contributed by atoms with van der Waals surface area (Å²) in [5, 5.41) is 3.23. The van der Waals surface area contributed by atoms with Crippen LogP contribution in [0.25, 0.3) is 0 Å². The first-order valence-corrected chi connectivity index (χ1v) is 8.97. The normalized spacial score (nSPS) is 15.2. The van der Waals surface area contributed by atoms with Crippen LogP contribution in [0.1, 0.15) is 28.8 Å². The number of hydrogen-bond donors (Lipinski definition) is 1. The van der Waals surface area contributed by atoms with E-state index in [-0.39, 0.29) is 5.91 Å². The number of ether oxygens (including phenoxy) is 1. The van der Waals surface area contributed by atoms with Gasteiger partial charge in [-0.15, -0.1) is 0 Å². The van der Waals surface area contributed by atoms with Gasteiger partial charge < -0.3 is 15.0 Å². The van der Waals surface area contributed by atoms with E-state index in [1.807, 2.05) is 66.5 Å². The highest BCUT2D eigenvalue weighted by Gasteiger charge is 2.24. The number of nitrogens with zero attached hydrogens (tertiary/aromatic N) is 1. The molecule has 0 spiro atoms. The SMILES string of the molecule is CNCC1CCN(C(=O)c2ccccc2COc2ccccc2)CC1. The van der Waals surface area contributed by atoms with Crippen LogP contribution in [0.4, 0.5) is 0 Å². The summed E-state index contributed by atoms with van der Waals surface area (Å²) in [5.74, 6) is 1.61. The van der Waals surface area contributed by atoms with Crippen LogP contribution in [0.5, 0.6) is 5.75 Å². The average Bonchev–Trinajstić information content (AvgIpc) is 2.68. The van der Waals surface area contributed by atoms with E-state index >= 15 is 0 Å². The molecular formula is C21H26N2O2. The van der Waals surface area contributed by atoms with Gasteiger partial charge in [-0.25, -0.2) is 0 Å². The van der Waals surface area contributed by atoms with Crippen molar-refractivity contribution in [3.8, 4) is 5.75 Å². The minimum absolute atomic E-state index is 0.121. The highest BCUT2D eigenvalue weighted by Crippen LogP contribution is 2.21. The summed E-state index contributed by atoms with van der Waals surface area (Å²) in [6, 6.07) is 17.5. The van der Waals surface area contributed by atoms with E-state index in [1.165, 1.54) is 0 Å². The number of hydrogen-bond acceptors (Lipinski definition) is 3. The maximum atomic E-state index is 13.0. The number of nitrogens with one attached hydrogen (secondary N) is 1. The molecule has 0 atom stereocenters. The molecule has 25 heavy (non-hydrogen) atoms. The Hall–Kier alpha value is -2.33. The van der Waals surface area contributed by atoms with Crippen molar-refractivity contribution in [2.45, 2.75) is 19.4 Å². The van der Waals surface area contributed by atoms with E-state index in [0.29, 0.717) is 12.5 Å². The predicted octanol–water partition coefficient (Wildman–Crippen LogP) is 3.34. The van der Waals surface area contributed by atoms with Crippen LogP contribution in [-0.4, -0.2) is 37.5 Å². The standard InChI is InChI=1S/C21H26N2O2/c1-22-15-17-11-13-23(14-12-17)21(24)20-10-6-5-7-18(20)16-25-19-8-3-2-4-9-19/h2-10,17,22H,11-16H2,1H3. The third kappa shape index (κ3) is 4.60. The van der Waals surface area contributed by atoms with Gasteiger partial charge in [0.2, 0.25) is 0 Å². The number of piperidine rings is 1. The number of carbonyl (C=O) groups excluding carboxylic acids is 1. The molecule has 1 aliphatic rings. The Morgan fingerprint density at radius 3 is 2.48 bits per heavy atom. The Morgan fingerprint density at radius 2 is 1.76 bits per heavy atom. The first-order chi connectivity index (χ1) is 12.3. The van der Waals surface area contributed by atoms with Crippen LogP contribution < -0.4 is 10.1 Å². The number of benzene rings is 2. The van der Waals surface area contributed by atoms with Gasteiger partial charge in [0.1, 0.15) is 12.4 Å². The summed E-state index contributed by atoms with van der Waals surface area (Å²) < 4.78 is 5.84. The fraction of sp³-hybridized carbons (Fsp3) is 0.381. The van der Waals surface area contributed by atoms with E-state index in [1.54, 1.807) is 0 Å². The van der Waals surface area contributed by atoms with Crippen molar-refractivity contribution in [3.63, 3.8) is 0 Å². The van der Waals surface area contributed by atoms with Crippen molar-refractivity contribution < 1.29 is 9.53 Å². The Kier molecular flexibility index (Phi) is 6.07. The minimum Gasteiger partial charge on any atom is -0.489 e. The molecule has 2 aromatic carbocycles. The molecule has 1 saturated heterocycles. The lowest BCUT2D eigenvalue weighted by molar-refractivity contribution is 0.0688. The second kappa shape index (κ2) is 8.67. The fourth-order valence-corrected chi connectivity index (χ4v) is 3.33. The largest absolute Gasteiger partial charge is 0.489 e. The molecule has 2 aromatic rings. The van der Waals surface area contributed by atoms with Crippen molar-refractivity contribution >= 4 is 5.91 Å². The zero-order valence-electron chi connectivity index (χ0n) is 14.8. The Bertz CT molecular complexity index is 679. The Balaban J connectivity index is 1.65. The van der Waals surface area contributed by atoms with Crippen molar-refractivity contribution in [1.29, 1.82) is 0 Å². The lowest BCUT2D eigenvalue weighted by Crippen LogP contribution is -2.40. The topological polar surface area (TPSA) is 41.6 Å². The van der Waals surface area contributed by atoms with Gasteiger partial charge in [-0.2, -0.15) is 0 Å². The molecule has 0 unspecified atom stereocenters. The molecule has 4 heteroatoms. The maximum absolute atomic E-state index is 13.0. The van der Waals surface area contributed by atoms with Crippen LogP contribution in [0.3, 0.4) is 0 Å². The van der Waals surface area contributed by atoms with Crippen molar-refractivity contribution in [3.05, 3.63) is 65.7 Å². The molecule has 1 fully saturated rings. The molecular weight excluding hydrogens is 312 g/mol. The molecule has 1 heterocycles. The van der Waals surface area contributed by atoms with Crippen LogP contribution in [0, 0.1) is 5.92 Å². The molecule has 0 bridgehead atoms. The minimum atomic E-state index is 0.121. The van der Waals surface area contributed by atoms with Gasteiger partial charge >= 0.3 is 0 Å². The predicted molar refractivity (Wildman–Crippen MR) is 99.8 cm³/mol. The molecule has 0 saturated carbocycles. The fourth-order valence-electron chi connectivity index (χ4n) is 3.33. The van der Waals surface area contributed by atoms with Crippen LogP contribution >= 0.6 is 0 Å². The summed E-state index contributed by atoms with van der Waals surface area (Å²) in [5.41, 5.74) is 1.69. The maximum Gasteiger partial charge on any atom is 0.254 e. The van der Waals surface area contributed by atoms with Crippen LogP contribution in [-0.2, 0) is 6.61 Å². The number of para-hydroxylation sites is 1. The molecule has 1 N–H and O–H groups in total. The summed E-state index contributed by atoms with van der Waals surface area (Å²) in [6.45, 7) is 3.10. The highest BCUT2D eigenvalue weighted by molar-refractivity contribution is 5.95. The molecule has 4 nitrogen and oxygen atoms in total. The van der Waals surface area contributed by atoms with E-state index in [9.17, 15) is 4.79 Å². The monoisotopic (exact) mass is 338 g/mol. The summed E-state index contributed by atoms with van der Waals surface area (Å²) >= 11 is 0. The number of rotatable bonds is 6. The number of amides is 1. The van der Waals surface area contributed by atoms with Gasteiger partial charge in [-0.3, -0.25) is 4.79 Å². The van der Waals surface area contributed by atoms with Gasteiger partial charge in [0.05, 0.1) is 0 Å². The Morgan fingerprint density at radius 1 is 1.08 bits per heavy atom. The van der Waals surface area contributed by atoms with Gasteiger partial charge in [0.25, 0.3) is 5.91 Å². The van der Waals surface area contributed by atoms with Crippen molar-refractivity contribution in [1.82, 2.24) is 10.2 Å². The molecule has 3 rings (SSSR count). The first-order valence-electron chi connectivity index (χ1n) is 8.97. The second-order valence-electron chi connectivity index (χ2n) is 6.55. The molecule has 132 valence electrons.